The summed E-state index contributed by atoms with van der Waals surface area (Å²) >= 11 is 0. The van der Waals surface area contributed by atoms with Crippen LogP contribution in [0.1, 0.15) is 58.3 Å². The molecule has 0 spiro atoms. The number of carbonyl (C=O) groups excluding carboxylic acids is 1. The van der Waals surface area contributed by atoms with E-state index in [-0.39, 0.29) is 24.0 Å². The number of hydrogen-bond acceptors (Lipinski definition) is 6. The van der Waals surface area contributed by atoms with Crippen molar-refractivity contribution < 1.29 is 24.6 Å². The molecule has 0 radical (unpaired) electrons. The topological polar surface area (TPSA) is 147 Å². The smallest absolute Gasteiger partial charge is 0.320 e. The van der Waals surface area contributed by atoms with Crippen molar-refractivity contribution in [2.45, 2.75) is 82.5 Å². The van der Waals surface area contributed by atoms with Crippen LogP contribution in [-0.2, 0) is 14.4 Å². The number of hydrogen-bond donors (Lipinski definition) is 4. The molecule has 2 aliphatic rings. The average Bonchev–Trinajstić information content (AvgIpc) is 2.62. The standard InChI is InChI=1S/C19H33N3O5/c1-11(21)17(23)16-13-7-3-2-6-12(13)10-15(19(26)27)22(16)14(18(24)25)8-4-5-9-20/h11-16H,2-10,20-21H2,1H3,(H,24,25)(H,26,27)/t11-,12?,13?,14?,15?,16?/m0/s1. The van der Waals surface area contributed by atoms with Crippen LogP contribution in [0.3, 0.4) is 0 Å². The van der Waals surface area contributed by atoms with Gasteiger partial charge in [0.1, 0.15) is 12.1 Å². The molecule has 8 heteroatoms. The van der Waals surface area contributed by atoms with E-state index in [0.717, 1.165) is 25.7 Å². The van der Waals surface area contributed by atoms with Crippen molar-refractivity contribution in [3.05, 3.63) is 0 Å². The zero-order valence-electron chi connectivity index (χ0n) is 16.0. The van der Waals surface area contributed by atoms with Gasteiger partial charge in [0.05, 0.1) is 12.1 Å². The summed E-state index contributed by atoms with van der Waals surface area (Å²) in [6.07, 6.45) is 5.59. The summed E-state index contributed by atoms with van der Waals surface area (Å²) in [5, 5.41) is 19.7. The minimum absolute atomic E-state index is 0.0239. The maximum absolute atomic E-state index is 13.0. The van der Waals surface area contributed by atoms with Gasteiger partial charge >= 0.3 is 11.9 Å². The number of Topliss-reactive ketones (excluding diaryl/α,β-unsaturated/α-hetero) is 1. The molecule has 6 atom stereocenters. The van der Waals surface area contributed by atoms with Crippen LogP contribution in [-0.4, -0.2) is 63.5 Å². The number of nitrogens with zero attached hydrogens (tertiary/aromatic N) is 1. The number of carboxylic acid groups (broad SMARTS) is 2. The lowest BCUT2D eigenvalue weighted by molar-refractivity contribution is -0.164. The van der Waals surface area contributed by atoms with Gasteiger partial charge in [-0.05, 0) is 51.0 Å². The molecule has 1 heterocycles. The van der Waals surface area contributed by atoms with E-state index in [4.69, 9.17) is 11.5 Å². The van der Waals surface area contributed by atoms with E-state index in [0.29, 0.717) is 25.8 Å². The van der Waals surface area contributed by atoms with Crippen molar-refractivity contribution in [1.82, 2.24) is 4.90 Å². The molecule has 8 nitrogen and oxygen atoms in total. The Kier molecular flexibility index (Phi) is 7.76. The summed E-state index contributed by atoms with van der Waals surface area (Å²) in [4.78, 5) is 38.6. The Hall–Kier alpha value is -1.51. The van der Waals surface area contributed by atoms with Gasteiger partial charge in [0.25, 0.3) is 0 Å². The first kappa shape index (κ1) is 21.8. The molecule has 0 bridgehead atoms. The first-order valence-corrected chi connectivity index (χ1v) is 10.0. The van der Waals surface area contributed by atoms with Gasteiger partial charge in [0.15, 0.2) is 5.78 Å². The fraction of sp³-hybridized carbons (Fsp3) is 0.842. The molecule has 1 saturated carbocycles. The maximum atomic E-state index is 13.0. The van der Waals surface area contributed by atoms with Crippen LogP contribution < -0.4 is 11.5 Å². The van der Waals surface area contributed by atoms with Gasteiger partial charge in [-0.1, -0.05) is 25.7 Å². The third-order valence-electron chi connectivity index (χ3n) is 6.18. The van der Waals surface area contributed by atoms with Gasteiger partial charge in [-0.2, -0.15) is 0 Å². The molecule has 2 rings (SSSR count). The molecule has 5 unspecified atom stereocenters. The maximum Gasteiger partial charge on any atom is 0.320 e. The van der Waals surface area contributed by atoms with E-state index in [9.17, 15) is 24.6 Å². The Labute approximate surface area is 160 Å². The highest BCUT2D eigenvalue weighted by atomic mass is 16.4. The fourth-order valence-corrected chi connectivity index (χ4v) is 4.92. The second kappa shape index (κ2) is 9.61. The minimum Gasteiger partial charge on any atom is -0.480 e. The Morgan fingerprint density at radius 1 is 1.15 bits per heavy atom. The number of fused-ring (bicyclic) bond motifs is 1. The van der Waals surface area contributed by atoms with Crippen LogP contribution in [0, 0.1) is 11.8 Å². The van der Waals surface area contributed by atoms with Gasteiger partial charge in [-0.15, -0.1) is 0 Å². The average molecular weight is 383 g/mol. The molecule has 0 aromatic rings. The van der Waals surface area contributed by atoms with Crippen molar-refractivity contribution in [3.8, 4) is 0 Å². The van der Waals surface area contributed by atoms with Gasteiger partial charge in [0, 0.05) is 0 Å². The van der Waals surface area contributed by atoms with Crippen molar-refractivity contribution in [1.29, 1.82) is 0 Å². The van der Waals surface area contributed by atoms with E-state index in [1.807, 2.05) is 0 Å². The van der Waals surface area contributed by atoms with Gasteiger partial charge in [-0.3, -0.25) is 19.3 Å². The number of piperidine rings is 1. The van der Waals surface area contributed by atoms with Crippen LogP contribution in [0.2, 0.25) is 0 Å². The third-order valence-corrected chi connectivity index (χ3v) is 6.18. The molecule has 2 fully saturated rings. The monoisotopic (exact) mass is 383 g/mol. The second-order valence-electron chi connectivity index (χ2n) is 8.02. The number of unbranched alkanes of at least 4 members (excludes halogenated alkanes) is 1. The molecule has 0 amide bonds. The Morgan fingerprint density at radius 3 is 2.37 bits per heavy atom. The van der Waals surface area contributed by atoms with Gasteiger partial charge in [0.2, 0.25) is 0 Å². The summed E-state index contributed by atoms with van der Waals surface area (Å²) < 4.78 is 0. The van der Waals surface area contributed by atoms with Gasteiger partial charge in [-0.25, -0.2) is 0 Å². The predicted molar refractivity (Wildman–Crippen MR) is 100 cm³/mol. The van der Waals surface area contributed by atoms with Crippen LogP contribution >= 0.6 is 0 Å². The molecule has 0 aromatic carbocycles. The predicted octanol–water partition coefficient (Wildman–Crippen LogP) is 0.819. The van der Waals surface area contributed by atoms with Crippen LogP contribution in [0.25, 0.3) is 0 Å². The molecule has 154 valence electrons. The van der Waals surface area contributed by atoms with Crippen molar-refractivity contribution in [2.75, 3.05) is 6.54 Å². The van der Waals surface area contributed by atoms with Crippen molar-refractivity contribution in [3.63, 3.8) is 0 Å². The molecule has 1 aliphatic heterocycles. The number of carbonyl (C=O) groups is 3. The highest BCUT2D eigenvalue weighted by Crippen LogP contribution is 2.44. The molecule has 0 aromatic heterocycles. The van der Waals surface area contributed by atoms with Crippen LogP contribution in [0.4, 0.5) is 0 Å². The fourth-order valence-electron chi connectivity index (χ4n) is 4.92. The van der Waals surface area contributed by atoms with Crippen molar-refractivity contribution in [2.24, 2.45) is 23.3 Å². The Bertz CT molecular complexity index is 553. The SMILES string of the molecule is C[C@H](N)C(=O)C1C2CCCCC2CC(C(=O)O)N1C(CCCCN)C(=O)O. The summed E-state index contributed by atoms with van der Waals surface area (Å²) in [6.45, 7) is 2.04. The summed E-state index contributed by atoms with van der Waals surface area (Å²) in [5.74, 6) is -2.30. The molecular formula is C19H33N3O5. The van der Waals surface area contributed by atoms with E-state index in [1.165, 1.54) is 4.90 Å². The highest BCUT2D eigenvalue weighted by Gasteiger charge is 2.52. The van der Waals surface area contributed by atoms with E-state index in [1.54, 1.807) is 6.92 Å². The van der Waals surface area contributed by atoms with Crippen LogP contribution in [0.15, 0.2) is 0 Å². The lowest BCUT2D eigenvalue weighted by atomic mass is 9.67. The zero-order chi connectivity index (χ0) is 20.1. The Morgan fingerprint density at radius 2 is 1.81 bits per heavy atom. The number of rotatable bonds is 9. The molecule has 27 heavy (non-hydrogen) atoms. The Balaban J connectivity index is 2.44. The largest absolute Gasteiger partial charge is 0.480 e. The lowest BCUT2D eigenvalue weighted by Crippen LogP contribution is -2.66. The number of ketones is 1. The number of carboxylic acids is 2. The van der Waals surface area contributed by atoms with E-state index < -0.39 is 36.1 Å². The van der Waals surface area contributed by atoms with Crippen molar-refractivity contribution >= 4 is 17.7 Å². The van der Waals surface area contributed by atoms with E-state index >= 15 is 0 Å². The molecule has 1 saturated heterocycles. The zero-order valence-corrected chi connectivity index (χ0v) is 16.0. The number of nitrogens with two attached hydrogens (primary N) is 2. The number of likely N-dealkylation sites (tertiary alicyclic amines) is 1. The highest BCUT2D eigenvalue weighted by molar-refractivity contribution is 5.91. The van der Waals surface area contributed by atoms with E-state index in [2.05, 4.69) is 0 Å². The second-order valence-corrected chi connectivity index (χ2v) is 8.02. The molecular weight excluding hydrogens is 350 g/mol. The first-order chi connectivity index (χ1) is 12.8. The van der Waals surface area contributed by atoms with Gasteiger partial charge < -0.3 is 21.7 Å². The minimum atomic E-state index is -1.09. The number of aliphatic carboxylic acids is 2. The molecule has 6 N–H and O–H groups in total. The third kappa shape index (κ3) is 4.86. The molecule has 1 aliphatic carbocycles. The summed E-state index contributed by atoms with van der Waals surface area (Å²) in [5.41, 5.74) is 11.4. The normalized spacial score (nSPS) is 30.9. The quantitative estimate of drug-likeness (QED) is 0.428. The summed E-state index contributed by atoms with van der Waals surface area (Å²) in [7, 11) is 0. The lowest BCUT2D eigenvalue weighted by Gasteiger charge is -2.52. The van der Waals surface area contributed by atoms with Crippen LogP contribution in [0.5, 0.6) is 0 Å². The summed E-state index contributed by atoms with van der Waals surface area (Å²) in [6, 6.07) is -3.50. The first-order valence-electron chi connectivity index (χ1n) is 10.0.